The third kappa shape index (κ3) is 2.50. The number of nitrogens with zero attached hydrogens (tertiary/aromatic N) is 3. The molecular formula is C13H17N3O2. The molecule has 0 aromatic carbocycles. The Labute approximate surface area is 106 Å². The first-order valence-electron chi connectivity index (χ1n) is 6.05. The molecule has 0 N–H and O–H groups in total. The maximum absolute atomic E-state index is 12.3. The van der Waals surface area contributed by atoms with Gasteiger partial charge in [-0.25, -0.2) is 0 Å². The van der Waals surface area contributed by atoms with Crippen LogP contribution in [0.3, 0.4) is 0 Å². The molecule has 0 unspecified atom stereocenters. The van der Waals surface area contributed by atoms with Crippen LogP contribution in [0.1, 0.15) is 22.8 Å². The van der Waals surface area contributed by atoms with Gasteiger partial charge in [-0.1, -0.05) is 0 Å². The van der Waals surface area contributed by atoms with Crippen molar-refractivity contribution < 1.29 is 9.59 Å². The zero-order chi connectivity index (χ0) is 13.1. The highest BCUT2D eigenvalue weighted by Crippen LogP contribution is 2.11. The van der Waals surface area contributed by atoms with Crippen molar-refractivity contribution in [1.82, 2.24) is 14.8 Å². The lowest BCUT2D eigenvalue weighted by Gasteiger charge is -2.34. The molecular weight excluding hydrogens is 230 g/mol. The maximum atomic E-state index is 12.3. The smallest absolute Gasteiger partial charge is 0.254 e. The van der Waals surface area contributed by atoms with Crippen molar-refractivity contribution >= 4 is 11.8 Å². The van der Waals surface area contributed by atoms with Gasteiger partial charge in [0.05, 0.1) is 0 Å². The Bertz CT molecular complexity index is 465. The summed E-state index contributed by atoms with van der Waals surface area (Å²) < 4.78 is 0. The third-order valence-electron chi connectivity index (χ3n) is 3.26. The van der Waals surface area contributed by atoms with Gasteiger partial charge in [0.2, 0.25) is 5.91 Å². The Morgan fingerprint density at radius 3 is 2.33 bits per heavy atom. The van der Waals surface area contributed by atoms with Crippen LogP contribution in [0.5, 0.6) is 0 Å². The van der Waals surface area contributed by atoms with Gasteiger partial charge in [-0.05, 0) is 18.6 Å². The van der Waals surface area contributed by atoms with Crippen LogP contribution in [0, 0.1) is 6.92 Å². The molecule has 0 spiro atoms. The van der Waals surface area contributed by atoms with Gasteiger partial charge in [0.15, 0.2) is 0 Å². The first-order valence-corrected chi connectivity index (χ1v) is 6.05. The van der Waals surface area contributed by atoms with Gasteiger partial charge in [0, 0.05) is 51.1 Å². The van der Waals surface area contributed by atoms with Crippen LogP contribution in [0.25, 0.3) is 0 Å². The largest absolute Gasteiger partial charge is 0.339 e. The van der Waals surface area contributed by atoms with Crippen LogP contribution in [0.4, 0.5) is 0 Å². The van der Waals surface area contributed by atoms with Crippen molar-refractivity contribution in [3.8, 4) is 0 Å². The minimum atomic E-state index is 0.0260. The third-order valence-corrected chi connectivity index (χ3v) is 3.26. The molecule has 5 heteroatoms. The zero-order valence-electron chi connectivity index (χ0n) is 10.7. The van der Waals surface area contributed by atoms with E-state index in [1.54, 1.807) is 35.2 Å². The van der Waals surface area contributed by atoms with E-state index in [4.69, 9.17) is 0 Å². The molecule has 1 aromatic rings. The fourth-order valence-corrected chi connectivity index (χ4v) is 2.11. The van der Waals surface area contributed by atoms with Gasteiger partial charge in [-0.3, -0.25) is 14.6 Å². The Morgan fingerprint density at radius 2 is 1.78 bits per heavy atom. The number of carbonyl (C=O) groups is 2. The standard InChI is InChI=1S/C13H17N3O2/c1-10-9-14-4-3-12(10)13(18)16-7-5-15(6-8-16)11(2)17/h3-4,9H,5-8H2,1-2H3. The Kier molecular flexibility index (Phi) is 3.60. The number of aromatic nitrogens is 1. The molecule has 0 atom stereocenters. The molecule has 0 bridgehead atoms. The molecule has 0 aliphatic carbocycles. The molecule has 0 saturated carbocycles. The molecule has 5 nitrogen and oxygen atoms in total. The zero-order valence-corrected chi connectivity index (χ0v) is 10.7. The van der Waals surface area contributed by atoms with Crippen molar-refractivity contribution in [3.05, 3.63) is 29.6 Å². The molecule has 1 aliphatic rings. The van der Waals surface area contributed by atoms with Crippen LogP contribution in [-0.4, -0.2) is 52.8 Å². The average molecular weight is 247 g/mol. The molecule has 0 radical (unpaired) electrons. The van der Waals surface area contributed by atoms with E-state index in [0.717, 1.165) is 5.56 Å². The van der Waals surface area contributed by atoms with Crippen LogP contribution < -0.4 is 0 Å². The Hall–Kier alpha value is -1.91. The quantitative estimate of drug-likeness (QED) is 0.734. The summed E-state index contributed by atoms with van der Waals surface area (Å²) in [5.41, 5.74) is 1.58. The highest BCUT2D eigenvalue weighted by atomic mass is 16.2. The van der Waals surface area contributed by atoms with Crippen molar-refractivity contribution in [2.24, 2.45) is 0 Å². The summed E-state index contributed by atoms with van der Waals surface area (Å²) in [5.74, 6) is 0.0975. The fourth-order valence-electron chi connectivity index (χ4n) is 2.11. The Balaban J connectivity index is 2.04. The average Bonchev–Trinajstić information content (AvgIpc) is 2.38. The van der Waals surface area contributed by atoms with Gasteiger partial charge in [-0.15, -0.1) is 0 Å². The minimum absolute atomic E-state index is 0.0260. The normalized spacial score (nSPS) is 15.7. The van der Waals surface area contributed by atoms with Crippen molar-refractivity contribution in [2.75, 3.05) is 26.2 Å². The topological polar surface area (TPSA) is 53.5 Å². The first kappa shape index (κ1) is 12.5. The van der Waals surface area contributed by atoms with E-state index < -0.39 is 0 Å². The summed E-state index contributed by atoms with van der Waals surface area (Å²) in [4.78, 5) is 31.0. The number of pyridine rings is 1. The number of amides is 2. The Morgan fingerprint density at radius 1 is 1.17 bits per heavy atom. The second-order valence-electron chi connectivity index (χ2n) is 4.49. The lowest BCUT2D eigenvalue weighted by Crippen LogP contribution is -2.50. The number of carbonyl (C=O) groups excluding carboxylic acids is 2. The van der Waals surface area contributed by atoms with Crippen molar-refractivity contribution in [2.45, 2.75) is 13.8 Å². The second kappa shape index (κ2) is 5.16. The van der Waals surface area contributed by atoms with Gasteiger partial charge in [0.1, 0.15) is 0 Å². The predicted molar refractivity (Wildman–Crippen MR) is 67.1 cm³/mol. The van der Waals surface area contributed by atoms with E-state index in [1.807, 2.05) is 6.92 Å². The van der Waals surface area contributed by atoms with Crippen LogP contribution in [0.2, 0.25) is 0 Å². The molecule has 1 fully saturated rings. The van der Waals surface area contributed by atoms with E-state index in [-0.39, 0.29) is 11.8 Å². The van der Waals surface area contributed by atoms with Gasteiger partial charge >= 0.3 is 0 Å². The second-order valence-corrected chi connectivity index (χ2v) is 4.49. The van der Waals surface area contributed by atoms with E-state index in [1.165, 1.54) is 0 Å². The fraction of sp³-hybridized carbons (Fsp3) is 0.462. The van der Waals surface area contributed by atoms with Crippen LogP contribution >= 0.6 is 0 Å². The summed E-state index contributed by atoms with van der Waals surface area (Å²) in [7, 11) is 0. The van der Waals surface area contributed by atoms with E-state index in [0.29, 0.717) is 31.7 Å². The van der Waals surface area contributed by atoms with E-state index in [2.05, 4.69) is 4.98 Å². The molecule has 2 rings (SSSR count). The molecule has 1 saturated heterocycles. The van der Waals surface area contributed by atoms with Crippen molar-refractivity contribution in [1.29, 1.82) is 0 Å². The summed E-state index contributed by atoms with van der Waals surface area (Å²) in [6.45, 7) is 5.87. The maximum Gasteiger partial charge on any atom is 0.254 e. The van der Waals surface area contributed by atoms with E-state index >= 15 is 0 Å². The molecule has 1 aliphatic heterocycles. The predicted octanol–water partition coefficient (Wildman–Crippen LogP) is 0.694. The monoisotopic (exact) mass is 247 g/mol. The van der Waals surface area contributed by atoms with Gasteiger partial charge in [0.25, 0.3) is 5.91 Å². The highest BCUT2D eigenvalue weighted by molar-refractivity contribution is 5.95. The number of hydrogen-bond acceptors (Lipinski definition) is 3. The summed E-state index contributed by atoms with van der Waals surface area (Å²) in [6, 6.07) is 1.75. The minimum Gasteiger partial charge on any atom is -0.339 e. The van der Waals surface area contributed by atoms with Crippen molar-refractivity contribution in [3.63, 3.8) is 0 Å². The molecule has 2 heterocycles. The molecule has 96 valence electrons. The van der Waals surface area contributed by atoms with Crippen LogP contribution in [0.15, 0.2) is 18.5 Å². The summed E-state index contributed by atoms with van der Waals surface area (Å²) >= 11 is 0. The SMILES string of the molecule is CC(=O)N1CCN(C(=O)c2ccncc2C)CC1. The molecule has 1 aromatic heterocycles. The molecule has 2 amide bonds. The number of aryl methyl sites for hydroxylation is 1. The van der Waals surface area contributed by atoms with Gasteiger partial charge < -0.3 is 9.80 Å². The molecule has 18 heavy (non-hydrogen) atoms. The van der Waals surface area contributed by atoms with Crippen LogP contribution in [-0.2, 0) is 4.79 Å². The number of hydrogen-bond donors (Lipinski definition) is 0. The number of rotatable bonds is 1. The summed E-state index contributed by atoms with van der Waals surface area (Å²) in [5, 5.41) is 0. The first-order chi connectivity index (χ1) is 8.59. The summed E-state index contributed by atoms with van der Waals surface area (Å²) in [6.07, 6.45) is 3.32. The van der Waals surface area contributed by atoms with Gasteiger partial charge in [-0.2, -0.15) is 0 Å². The highest BCUT2D eigenvalue weighted by Gasteiger charge is 2.23. The van der Waals surface area contributed by atoms with E-state index in [9.17, 15) is 9.59 Å². The lowest BCUT2D eigenvalue weighted by atomic mass is 10.1. The number of piperazine rings is 1. The lowest BCUT2D eigenvalue weighted by molar-refractivity contribution is -0.130.